The maximum Gasteiger partial charge on any atom is 0.305 e. The second-order valence-corrected chi connectivity index (χ2v) is 28.3. The SMILES string of the molecule is CC[C@H](C)[C@@H]1NC(=O)[C@H](C)NC(=O)[C@@H](NC(C)=O)CSSC[C@@H](C(N)=O)NC(=O)[C@H](CCC(=O)O)NC(=O)[C@H](C(C)C)NC(=O)[C@H](CCCCN)NC(=O)[C@H](CCCN=C(N)N)NC(=O)CNC(=O)[C@H](CC(=O)O)NC(=O)[C@H](CCCCN)NC(=O)[C@H](CC(C)C)NC(=O)[C@H](CCCCN)NC1=O. The van der Waals surface area contributed by atoms with Crippen LogP contribution in [0.5, 0.6) is 0 Å². The van der Waals surface area contributed by atoms with Crippen LogP contribution >= 0.6 is 21.6 Å². The summed E-state index contributed by atoms with van der Waals surface area (Å²) in [5, 5.41) is 52.3. The van der Waals surface area contributed by atoms with Crippen molar-refractivity contribution in [3.8, 4) is 0 Å². The largest absolute Gasteiger partial charge is 0.481 e. The monoisotopic (exact) mass is 1500 g/mol. The van der Waals surface area contributed by atoms with Crippen LogP contribution in [-0.2, 0) is 76.7 Å². The zero-order valence-electron chi connectivity index (χ0n) is 60.1. The quantitative estimate of drug-likeness (QED) is 0.0150. The van der Waals surface area contributed by atoms with Gasteiger partial charge in [0.1, 0.15) is 72.5 Å². The summed E-state index contributed by atoms with van der Waals surface area (Å²) in [5.41, 5.74) is 34.1. The van der Waals surface area contributed by atoms with Crippen LogP contribution in [0, 0.1) is 17.8 Å². The van der Waals surface area contributed by atoms with Crippen LogP contribution in [-0.4, -0.2) is 228 Å². The number of amides is 14. The third kappa shape index (κ3) is 37.4. The molecule has 0 aromatic rings. The van der Waals surface area contributed by atoms with E-state index in [9.17, 15) is 86.9 Å². The Hall–Kier alpha value is -8.63. The highest BCUT2D eigenvalue weighted by Gasteiger charge is 2.38. The Labute approximate surface area is 607 Å². The number of carboxylic acid groups (broad SMARTS) is 2. The molecule has 0 unspecified atom stereocenters. The number of rotatable bonds is 28. The van der Waals surface area contributed by atoms with Crippen molar-refractivity contribution in [1.29, 1.82) is 0 Å². The Morgan fingerprint density at radius 2 is 0.942 bits per heavy atom. The van der Waals surface area contributed by atoms with Crippen LogP contribution in [0.1, 0.15) is 158 Å². The molecule has 1 fully saturated rings. The summed E-state index contributed by atoms with van der Waals surface area (Å²) >= 11 is 0. The maximum absolute atomic E-state index is 14.5. The number of nitrogens with two attached hydrogens (primary N) is 6. The number of unbranched alkanes of at least 4 members (excludes halogenated alkanes) is 3. The van der Waals surface area contributed by atoms with E-state index in [0.717, 1.165) is 28.5 Å². The molecule has 0 spiro atoms. The number of carboxylic acids is 2. The third-order valence-corrected chi connectivity index (χ3v) is 18.5. The molecule has 0 aromatic carbocycles. The summed E-state index contributed by atoms with van der Waals surface area (Å²) in [6, 6.07) is -17.9. The van der Waals surface area contributed by atoms with Gasteiger partial charge in [0.25, 0.3) is 0 Å². The van der Waals surface area contributed by atoms with Crippen molar-refractivity contribution in [3.63, 3.8) is 0 Å². The average Bonchev–Trinajstić information content (AvgIpc) is 0.859. The van der Waals surface area contributed by atoms with Gasteiger partial charge >= 0.3 is 11.9 Å². The zero-order valence-corrected chi connectivity index (χ0v) is 61.7. The number of aliphatic carboxylic acids is 2. The van der Waals surface area contributed by atoms with Crippen LogP contribution in [0.4, 0.5) is 0 Å². The second-order valence-electron chi connectivity index (χ2n) is 25.8. The molecule has 40 heteroatoms. The Kier molecular flexibility index (Phi) is 44.7. The molecule has 38 nitrogen and oxygen atoms in total. The average molecular weight is 1500 g/mol. The number of hydrogen-bond donors (Lipinski definition) is 21. The molecule has 1 heterocycles. The van der Waals surface area contributed by atoms with E-state index in [2.05, 4.69) is 74.1 Å². The van der Waals surface area contributed by atoms with Crippen molar-refractivity contribution in [1.82, 2.24) is 69.1 Å². The zero-order chi connectivity index (χ0) is 78.1. The molecule has 1 aliphatic heterocycles. The predicted molar refractivity (Wildman–Crippen MR) is 383 cm³/mol. The Bertz CT molecular complexity index is 2890. The minimum absolute atomic E-state index is 0.0173. The van der Waals surface area contributed by atoms with Gasteiger partial charge in [0.15, 0.2) is 5.96 Å². The summed E-state index contributed by atoms with van der Waals surface area (Å²) in [6.07, 6.45) is -0.604. The van der Waals surface area contributed by atoms with Crippen molar-refractivity contribution in [2.75, 3.05) is 44.2 Å². The number of nitrogens with one attached hydrogen (secondary N) is 13. The van der Waals surface area contributed by atoms with Crippen molar-refractivity contribution in [2.24, 2.45) is 57.1 Å². The van der Waals surface area contributed by atoms with Crippen molar-refractivity contribution in [2.45, 2.75) is 231 Å². The molecule has 1 saturated heterocycles. The number of guanidine groups is 1. The predicted octanol–water partition coefficient (Wildman–Crippen LogP) is -5.63. The summed E-state index contributed by atoms with van der Waals surface area (Å²) < 4.78 is 0. The Balaban J connectivity index is 4.17. The van der Waals surface area contributed by atoms with E-state index in [0.29, 0.717) is 32.1 Å². The van der Waals surface area contributed by atoms with Crippen LogP contribution < -0.4 is 104 Å². The maximum atomic E-state index is 14.5. The van der Waals surface area contributed by atoms with Gasteiger partial charge in [-0.15, -0.1) is 0 Å². The number of carbonyl (C=O) groups excluding carboxylic acids is 14. The lowest BCUT2D eigenvalue weighted by Crippen LogP contribution is -2.61. The molecule has 14 amide bonds. The number of hydrogen-bond acceptors (Lipinski definition) is 22. The van der Waals surface area contributed by atoms with E-state index in [1.54, 1.807) is 27.7 Å². The fourth-order valence-electron chi connectivity index (χ4n) is 10.1. The van der Waals surface area contributed by atoms with Gasteiger partial charge in [-0.2, -0.15) is 0 Å². The third-order valence-electron chi connectivity index (χ3n) is 16.1. The highest BCUT2D eigenvalue weighted by Crippen LogP contribution is 2.24. The first-order valence-electron chi connectivity index (χ1n) is 34.5. The highest BCUT2D eigenvalue weighted by molar-refractivity contribution is 8.76. The van der Waals surface area contributed by atoms with Crippen molar-refractivity contribution in [3.05, 3.63) is 0 Å². The van der Waals surface area contributed by atoms with Crippen molar-refractivity contribution >= 4 is 122 Å². The number of primary amides is 1. The minimum Gasteiger partial charge on any atom is -0.481 e. The normalized spacial score (nSPS) is 24.9. The molecular weight excluding hydrogens is 1390 g/mol. The molecule has 0 saturated carbocycles. The summed E-state index contributed by atoms with van der Waals surface area (Å²) in [5.74, 6) is -18.8. The van der Waals surface area contributed by atoms with E-state index in [-0.39, 0.29) is 101 Å². The van der Waals surface area contributed by atoms with Crippen LogP contribution in [0.2, 0.25) is 0 Å². The van der Waals surface area contributed by atoms with Gasteiger partial charge in [-0.3, -0.25) is 81.7 Å². The Morgan fingerprint density at radius 1 is 0.505 bits per heavy atom. The van der Waals surface area contributed by atoms with Gasteiger partial charge in [0, 0.05) is 31.4 Å². The second kappa shape index (κ2) is 49.9. The number of carbonyl (C=O) groups is 16. The summed E-state index contributed by atoms with van der Waals surface area (Å²) in [6.45, 7) is 11.9. The molecule has 1 aliphatic rings. The lowest BCUT2D eigenvalue weighted by atomic mass is 9.96. The molecule has 584 valence electrons. The first kappa shape index (κ1) is 92.4. The molecule has 0 bridgehead atoms. The smallest absolute Gasteiger partial charge is 0.305 e. The first-order chi connectivity index (χ1) is 48.5. The van der Waals surface area contributed by atoms with Crippen LogP contribution in [0.15, 0.2) is 4.99 Å². The van der Waals surface area contributed by atoms with E-state index in [1.807, 2.05) is 0 Å². The van der Waals surface area contributed by atoms with Gasteiger partial charge in [0.05, 0.1) is 13.0 Å². The molecule has 103 heavy (non-hydrogen) atoms. The van der Waals surface area contributed by atoms with Crippen molar-refractivity contribution < 1.29 is 86.9 Å². The fourth-order valence-corrected chi connectivity index (χ4v) is 12.4. The minimum atomic E-state index is -1.91. The van der Waals surface area contributed by atoms with Gasteiger partial charge in [-0.1, -0.05) is 69.6 Å². The lowest BCUT2D eigenvalue weighted by Gasteiger charge is -2.29. The van der Waals surface area contributed by atoms with E-state index < -0.39 is 205 Å². The molecule has 0 aliphatic carbocycles. The summed E-state index contributed by atoms with van der Waals surface area (Å²) in [4.78, 5) is 223. The highest BCUT2D eigenvalue weighted by atomic mass is 33.1. The molecule has 0 radical (unpaired) electrons. The lowest BCUT2D eigenvalue weighted by molar-refractivity contribution is -0.141. The van der Waals surface area contributed by atoms with Crippen LogP contribution in [0.25, 0.3) is 0 Å². The molecular formula is C63H112N20O18S2. The number of nitrogens with zero attached hydrogens (tertiary/aromatic N) is 1. The van der Waals surface area contributed by atoms with Gasteiger partial charge in [0.2, 0.25) is 82.7 Å². The Morgan fingerprint density at radius 3 is 1.41 bits per heavy atom. The van der Waals surface area contributed by atoms with Gasteiger partial charge in [-0.25, -0.2) is 0 Å². The standard InChI is InChI=1S/C63H112N20O18S2/c1-9-34(6)50-62(101)77-39(18-11-14-24-65)56(95)79-42(27-32(2)3)59(98)76-38(17-10-13-23-64)55(94)80-43(28-48(88)89)53(92)71-29-46(85)74-37(20-16-26-70-63(68)69)54(93)75-40(19-12-15-25-66)58(97)82-49(33(4)5)61(100)78-41(21-22-47(86)87)57(96)81-44(51(67)90)30-102-103-31-45(73-36(8)84)60(99)72-35(7)52(91)83-50/h32-35,37-45,49-50H,9-31,64-66H2,1-8H3,(H2,67,90)(H,71,92)(H,72,99)(H,73,84)(H,74,85)(H,75,93)(H,76,98)(H,77,101)(H,78,100)(H,79,95)(H,80,94)(H,81,96)(H,82,97)(H,83,91)(H,86,87)(H,88,89)(H4,68,69,70)/t34-,35-,37-,38-,39-,40-,41-,42-,43-,44-,45-,49-,50-/m0/s1. The van der Waals surface area contributed by atoms with E-state index in [1.165, 1.54) is 20.8 Å². The van der Waals surface area contributed by atoms with Gasteiger partial charge < -0.3 is 114 Å². The molecule has 0 aromatic heterocycles. The molecule has 27 N–H and O–H groups in total. The fraction of sp³-hybridized carbons (Fsp3) is 0.730. The summed E-state index contributed by atoms with van der Waals surface area (Å²) in [7, 11) is 1.83. The topological polar surface area (TPSA) is 638 Å². The van der Waals surface area contributed by atoms with Crippen LogP contribution in [0.3, 0.4) is 0 Å². The first-order valence-corrected chi connectivity index (χ1v) is 37.0. The number of aliphatic imine (C=N–C) groups is 1. The molecule has 13 atom stereocenters. The van der Waals surface area contributed by atoms with E-state index in [4.69, 9.17) is 34.4 Å². The van der Waals surface area contributed by atoms with E-state index >= 15 is 0 Å². The molecule has 1 rings (SSSR count). The van der Waals surface area contributed by atoms with Gasteiger partial charge in [-0.05, 0) is 128 Å².